The highest BCUT2D eigenvalue weighted by molar-refractivity contribution is 6.31. The van der Waals surface area contributed by atoms with E-state index in [1.807, 2.05) is 25.1 Å². The standard InChI is InChI=1S/C15H19ClO2/c1-9-2-3-10(13(16)6-9)7-14(17)12-8-11-4-5-15(12)18-11/h2-3,6,11-12,14-15,17H,4-5,7-8H2,1H3. The van der Waals surface area contributed by atoms with Gasteiger partial charge in [0.2, 0.25) is 0 Å². The molecule has 0 aromatic heterocycles. The first-order valence-electron chi connectivity index (χ1n) is 6.72. The van der Waals surface area contributed by atoms with Crippen molar-refractivity contribution < 1.29 is 9.84 Å². The topological polar surface area (TPSA) is 29.5 Å². The molecule has 18 heavy (non-hydrogen) atoms. The summed E-state index contributed by atoms with van der Waals surface area (Å²) in [4.78, 5) is 0. The maximum atomic E-state index is 10.4. The van der Waals surface area contributed by atoms with E-state index in [4.69, 9.17) is 16.3 Å². The molecule has 0 saturated carbocycles. The SMILES string of the molecule is Cc1ccc(CC(O)C2CC3CCC2O3)c(Cl)c1. The molecule has 0 aliphatic carbocycles. The lowest BCUT2D eigenvalue weighted by Crippen LogP contribution is -2.31. The fraction of sp³-hybridized carbons (Fsp3) is 0.600. The van der Waals surface area contributed by atoms with Gasteiger partial charge in [0.15, 0.2) is 0 Å². The van der Waals surface area contributed by atoms with E-state index in [2.05, 4.69) is 0 Å². The molecule has 4 unspecified atom stereocenters. The number of benzene rings is 1. The van der Waals surface area contributed by atoms with Crippen LogP contribution in [0.5, 0.6) is 0 Å². The number of rotatable bonds is 3. The van der Waals surface area contributed by atoms with Crippen molar-refractivity contribution in [3.63, 3.8) is 0 Å². The number of hydrogen-bond acceptors (Lipinski definition) is 2. The van der Waals surface area contributed by atoms with Crippen LogP contribution >= 0.6 is 11.6 Å². The maximum absolute atomic E-state index is 10.4. The Morgan fingerprint density at radius 2 is 2.28 bits per heavy atom. The Hall–Kier alpha value is -0.570. The molecule has 3 rings (SSSR count). The zero-order valence-electron chi connectivity index (χ0n) is 10.6. The Balaban J connectivity index is 1.69. The van der Waals surface area contributed by atoms with Crippen LogP contribution in [-0.2, 0) is 11.2 Å². The highest BCUT2D eigenvalue weighted by Crippen LogP contribution is 2.41. The molecule has 2 aliphatic heterocycles. The highest BCUT2D eigenvalue weighted by atomic mass is 35.5. The van der Waals surface area contributed by atoms with E-state index in [0.717, 1.165) is 29.0 Å². The zero-order chi connectivity index (χ0) is 12.7. The van der Waals surface area contributed by atoms with Crippen LogP contribution in [0.15, 0.2) is 18.2 Å². The van der Waals surface area contributed by atoms with Crippen molar-refractivity contribution in [2.45, 2.75) is 50.9 Å². The lowest BCUT2D eigenvalue weighted by atomic mass is 9.83. The molecule has 1 aromatic carbocycles. The van der Waals surface area contributed by atoms with Gasteiger partial charge in [-0.15, -0.1) is 0 Å². The van der Waals surface area contributed by atoms with Gasteiger partial charge in [0.25, 0.3) is 0 Å². The van der Waals surface area contributed by atoms with Crippen LogP contribution in [0.1, 0.15) is 30.4 Å². The summed E-state index contributed by atoms with van der Waals surface area (Å²) < 4.78 is 5.80. The molecular weight excluding hydrogens is 248 g/mol. The molecule has 3 heteroatoms. The molecule has 0 spiro atoms. The smallest absolute Gasteiger partial charge is 0.0634 e. The molecule has 2 nitrogen and oxygen atoms in total. The van der Waals surface area contributed by atoms with Gasteiger partial charge in [0.1, 0.15) is 0 Å². The Morgan fingerprint density at radius 1 is 1.44 bits per heavy atom. The number of halogens is 1. The van der Waals surface area contributed by atoms with Gasteiger partial charge in [0, 0.05) is 17.4 Å². The third-order valence-electron chi connectivity index (χ3n) is 4.28. The minimum absolute atomic E-state index is 0.272. The molecular formula is C15H19ClO2. The van der Waals surface area contributed by atoms with Crippen molar-refractivity contribution in [3.05, 3.63) is 34.3 Å². The third kappa shape index (κ3) is 2.29. The van der Waals surface area contributed by atoms with E-state index >= 15 is 0 Å². The largest absolute Gasteiger partial charge is 0.392 e. The van der Waals surface area contributed by atoms with Crippen molar-refractivity contribution >= 4 is 11.6 Å². The van der Waals surface area contributed by atoms with Gasteiger partial charge in [-0.2, -0.15) is 0 Å². The molecule has 2 bridgehead atoms. The second-order valence-corrected chi connectivity index (χ2v) is 6.05. The number of aliphatic hydroxyl groups excluding tert-OH is 1. The molecule has 2 saturated heterocycles. The first-order valence-corrected chi connectivity index (χ1v) is 7.10. The number of ether oxygens (including phenoxy) is 1. The maximum Gasteiger partial charge on any atom is 0.0634 e. The fourth-order valence-corrected chi connectivity index (χ4v) is 3.59. The molecule has 0 amide bonds. The number of aryl methyl sites for hydroxylation is 1. The summed E-state index contributed by atoms with van der Waals surface area (Å²) in [6.45, 7) is 2.02. The monoisotopic (exact) mass is 266 g/mol. The van der Waals surface area contributed by atoms with Crippen LogP contribution in [0.2, 0.25) is 5.02 Å². The van der Waals surface area contributed by atoms with Crippen LogP contribution in [0.25, 0.3) is 0 Å². The van der Waals surface area contributed by atoms with Crippen LogP contribution < -0.4 is 0 Å². The van der Waals surface area contributed by atoms with E-state index in [-0.39, 0.29) is 12.2 Å². The van der Waals surface area contributed by atoms with E-state index < -0.39 is 0 Å². The molecule has 2 heterocycles. The van der Waals surface area contributed by atoms with Crippen molar-refractivity contribution in [1.82, 2.24) is 0 Å². The Bertz CT molecular complexity index is 446. The van der Waals surface area contributed by atoms with Gasteiger partial charge in [-0.05, 0) is 43.4 Å². The Labute approximate surface area is 113 Å². The molecule has 1 aromatic rings. The third-order valence-corrected chi connectivity index (χ3v) is 4.64. The predicted octanol–water partition coefficient (Wildman–Crippen LogP) is 3.12. The minimum atomic E-state index is -0.333. The lowest BCUT2D eigenvalue weighted by Gasteiger charge is -2.24. The van der Waals surface area contributed by atoms with E-state index in [9.17, 15) is 5.11 Å². The fourth-order valence-electron chi connectivity index (χ4n) is 3.28. The molecule has 2 aliphatic rings. The second kappa shape index (κ2) is 4.84. The van der Waals surface area contributed by atoms with Gasteiger partial charge in [0.05, 0.1) is 18.3 Å². The number of fused-ring (bicyclic) bond motifs is 2. The second-order valence-electron chi connectivity index (χ2n) is 5.64. The molecule has 1 N–H and O–H groups in total. The Kier molecular flexibility index (Phi) is 3.35. The average molecular weight is 267 g/mol. The van der Waals surface area contributed by atoms with Crippen molar-refractivity contribution in [2.24, 2.45) is 5.92 Å². The average Bonchev–Trinajstić information content (AvgIpc) is 2.94. The van der Waals surface area contributed by atoms with Gasteiger partial charge >= 0.3 is 0 Å². The van der Waals surface area contributed by atoms with Crippen LogP contribution in [0.3, 0.4) is 0 Å². The Morgan fingerprint density at radius 3 is 2.89 bits per heavy atom. The number of hydrogen-bond donors (Lipinski definition) is 1. The van der Waals surface area contributed by atoms with Gasteiger partial charge in [-0.25, -0.2) is 0 Å². The summed E-state index contributed by atoms with van der Waals surface area (Å²) in [6.07, 6.45) is 4.25. The predicted molar refractivity (Wildman–Crippen MR) is 71.9 cm³/mol. The molecule has 98 valence electrons. The van der Waals surface area contributed by atoms with E-state index in [1.54, 1.807) is 0 Å². The van der Waals surface area contributed by atoms with Crippen molar-refractivity contribution in [3.8, 4) is 0 Å². The zero-order valence-corrected chi connectivity index (χ0v) is 11.4. The van der Waals surface area contributed by atoms with Crippen LogP contribution in [0.4, 0.5) is 0 Å². The number of aliphatic hydroxyl groups is 1. The molecule has 2 fully saturated rings. The minimum Gasteiger partial charge on any atom is -0.392 e. The van der Waals surface area contributed by atoms with Crippen LogP contribution in [0, 0.1) is 12.8 Å². The summed E-state index contributed by atoms with van der Waals surface area (Å²) >= 11 is 6.22. The van der Waals surface area contributed by atoms with Gasteiger partial charge < -0.3 is 9.84 Å². The van der Waals surface area contributed by atoms with Gasteiger partial charge in [-0.1, -0.05) is 23.7 Å². The first kappa shape index (κ1) is 12.5. The highest BCUT2D eigenvalue weighted by Gasteiger charge is 2.43. The quantitative estimate of drug-likeness (QED) is 0.911. The van der Waals surface area contributed by atoms with E-state index in [1.165, 1.54) is 6.42 Å². The van der Waals surface area contributed by atoms with Crippen molar-refractivity contribution in [2.75, 3.05) is 0 Å². The summed E-state index contributed by atoms with van der Waals surface area (Å²) in [5.41, 5.74) is 2.19. The van der Waals surface area contributed by atoms with Crippen molar-refractivity contribution in [1.29, 1.82) is 0 Å². The summed E-state index contributed by atoms with van der Waals surface area (Å²) in [7, 11) is 0. The first-order chi connectivity index (χ1) is 8.63. The lowest BCUT2D eigenvalue weighted by molar-refractivity contribution is 0.0432. The van der Waals surface area contributed by atoms with E-state index in [0.29, 0.717) is 18.4 Å². The van der Waals surface area contributed by atoms with Gasteiger partial charge in [-0.3, -0.25) is 0 Å². The summed E-state index contributed by atoms with van der Waals surface area (Å²) in [6, 6.07) is 6.03. The summed E-state index contributed by atoms with van der Waals surface area (Å²) in [5, 5.41) is 11.1. The molecule has 0 radical (unpaired) electrons. The molecule has 4 atom stereocenters. The summed E-state index contributed by atoms with van der Waals surface area (Å²) in [5.74, 6) is 0.293. The van der Waals surface area contributed by atoms with Crippen LogP contribution in [-0.4, -0.2) is 23.4 Å². The normalized spacial score (nSPS) is 31.8.